The Morgan fingerprint density at radius 2 is 2.00 bits per heavy atom. The lowest BCUT2D eigenvalue weighted by atomic mass is 9.97. The van der Waals surface area contributed by atoms with Gasteiger partial charge in [-0.05, 0) is 70.4 Å². The Kier molecular flexibility index (Phi) is 7.90. The van der Waals surface area contributed by atoms with Crippen molar-refractivity contribution in [1.82, 2.24) is 19.7 Å². The summed E-state index contributed by atoms with van der Waals surface area (Å²) in [6.45, 7) is 7.02. The van der Waals surface area contributed by atoms with Crippen LogP contribution in [0.3, 0.4) is 0 Å². The van der Waals surface area contributed by atoms with Gasteiger partial charge in [-0.2, -0.15) is 4.31 Å². The van der Waals surface area contributed by atoms with Crippen LogP contribution in [0.15, 0.2) is 32.2 Å². The Hall–Kier alpha value is -2.43. The number of sulfonamides is 1. The van der Waals surface area contributed by atoms with Crippen LogP contribution in [0.4, 0.5) is 0 Å². The molecule has 0 spiro atoms. The molecular weight excluding hydrogens is 456 g/mol. The zero-order valence-electron chi connectivity index (χ0n) is 19.9. The highest BCUT2D eigenvalue weighted by atomic mass is 32.2. The Balaban J connectivity index is 1.32. The third-order valence-electron chi connectivity index (χ3n) is 6.84. The molecule has 0 radical (unpaired) electrons. The van der Waals surface area contributed by atoms with Crippen LogP contribution in [0, 0.1) is 12.8 Å². The fourth-order valence-electron chi connectivity index (χ4n) is 4.79. The summed E-state index contributed by atoms with van der Waals surface area (Å²) in [5, 5.41) is 6.93. The summed E-state index contributed by atoms with van der Waals surface area (Å²) in [7, 11) is -3.80. The predicted molar refractivity (Wildman–Crippen MR) is 128 cm³/mol. The van der Waals surface area contributed by atoms with E-state index in [0.717, 1.165) is 13.1 Å². The maximum Gasteiger partial charge on any atom is 0.248 e. The van der Waals surface area contributed by atoms with E-state index in [9.17, 15) is 13.2 Å². The van der Waals surface area contributed by atoms with Gasteiger partial charge in [-0.1, -0.05) is 11.6 Å². The van der Waals surface area contributed by atoms with E-state index in [2.05, 4.69) is 22.3 Å². The first kappa shape index (κ1) is 24.7. The molecule has 4 rings (SSSR count). The fraction of sp³-hybridized carbons (Fsp3) is 0.583. The summed E-state index contributed by atoms with van der Waals surface area (Å²) in [5.41, 5.74) is 0.311. The van der Waals surface area contributed by atoms with Crippen LogP contribution in [-0.4, -0.2) is 67.5 Å². The highest BCUT2D eigenvalue weighted by Gasteiger charge is 2.36. The molecule has 9 nitrogen and oxygen atoms in total. The number of hydrogen-bond acceptors (Lipinski definition) is 7. The van der Waals surface area contributed by atoms with Gasteiger partial charge < -0.3 is 14.3 Å². The minimum atomic E-state index is -3.80. The van der Waals surface area contributed by atoms with Gasteiger partial charge in [-0.25, -0.2) is 8.42 Å². The number of carbonyl (C=O) groups excluding carboxylic acids is 1. The quantitative estimate of drug-likeness (QED) is 0.605. The lowest BCUT2D eigenvalue weighted by Crippen LogP contribution is -2.46. The number of nitrogens with zero attached hydrogens (tertiary/aromatic N) is 3. The summed E-state index contributed by atoms with van der Waals surface area (Å²) >= 11 is 0. The molecule has 2 fully saturated rings. The highest BCUT2D eigenvalue weighted by molar-refractivity contribution is 7.89. The number of nitrogens with one attached hydrogen (secondary N) is 1. The number of likely N-dealkylation sites (tertiary alicyclic amines) is 1. The number of aromatic nitrogens is 1. The van der Waals surface area contributed by atoms with E-state index < -0.39 is 10.0 Å². The monoisotopic (exact) mass is 490 g/mol. The van der Waals surface area contributed by atoms with Gasteiger partial charge in [0.2, 0.25) is 15.9 Å². The summed E-state index contributed by atoms with van der Waals surface area (Å²) in [6, 6.07) is 4.08. The van der Waals surface area contributed by atoms with E-state index in [4.69, 9.17) is 8.94 Å². The molecule has 2 saturated heterocycles. The molecule has 34 heavy (non-hydrogen) atoms. The minimum absolute atomic E-state index is 0.0185. The first-order chi connectivity index (χ1) is 16.4. The van der Waals surface area contributed by atoms with Crippen molar-refractivity contribution < 1.29 is 22.2 Å². The van der Waals surface area contributed by atoms with E-state index >= 15 is 0 Å². The fourth-order valence-corrected chi connectivity index (χ4v) is 6.51. The van der Waals surface area contributed by atoms with Crippen molar-refractivity contribution in [2.45, 2.75) is 56.9 Å². The van der Waals surface area contributed by atoms with Gasteiger partial charge in [0.25, 0.3) is 0 Å². The second-order valence-corrected chi connectivity index (χ2v) is 11.0. The van der Waals surface area contributed by atoms with Crippen molar-refractivity contribution in [1.29, 1.82) is 0 Å². The number of rotatable bonds is 8. The highest BCUT2D eigenvalue weighted by Crippen LogP contribution is 2.29. The molecular formula is C24H34N4O5S. The summed E-state index contributed by atoms with van der Waals surface area (Å²) in [6.07, 6.45) is 9.43. The van der Waals surface area contributed by atoms with Crippen molar-refractivity contribution >= 4 is 28.1 Å². The molecule has 4 heterocycles. The molecule has 0 aromatic carbocycles. The maximum absolute atomic E-state index is 13.4. The van der Waals surface area contributed by atoms with E-state index in [1.54, 1.807) is 31.2 Å². The Morgan fingerprint density at radius 1 is 1.21 bits per heavy atom. The zero-order chi connectivity index (χ0) is 24.1. The third-order valence-corrected chi connectivity index (χ3v) is 8.89. The number of carbonyl (C=O) groups is 1. The van der Waals surface area contributed by atoms with Gasteiger partial charge in [-0.15, -0.1) is 0 Å². The van der Waals surface area contributed by atoms with Crippen LogP contribution in [0.25, 0.3) is 12.2 Å². The Bertz CT molecular complexity index is 1080. The summed E-state index contributed by atoms with van der Waals surface area (Å²) in [4.78, 5) is 15.2. The normalized spacial score (nSPS) is 21.3. The first-order valence-electron chi connectivity index (χ1n) is 12.1. The van der Waals surface area contributed by atoms with E-state index in [1.165, 1.54) is 29.8 Å². The molecule has 0 bridgehead atoms. The van der Waals surface area contributed by atoms with Crippen LogP contribution in [0.5, 0.6) is 0 Å². The molecule has 2 aromatic heterocycles. The van der Waals surface area contributed by atoms with Crippen LogP contribution < -0.4 is 5.32 Å². The van der Waals surface area contributed by atoms with Gasteiger partial charge in [0, 0.05) is 38.1 Å². The lowest BCUT2D eigenvalue weighted by molar-refractivity contribution is -0.126. The minimum Gasteiger partial charge on any atom is -0.465 e. The lowest BCUT2D eigenvalue weighted by Gasteiger charge is -2.34. The van der Waals surface area contributed by atoms with Gasteiger partial charge in [0.15, 0.2) is 10.7 Å². The Labute approximate surface area is 201 Å². The van der Waals surface area contributed by atoms with Crippen LogP contribution in [0.2, 0.25) is 0 Å². The second kappa shape index (κ2) is 10.9. The van der Waals surface area contributed by atoms with E-state index in [1.807, 2.05) is 0 Å². The largest absolute Gasteiger partial charge is 0.465 e. The second-order valence-electron chi connectivity index (χ2n) is 9.16. The molecule has 1 amide bonds. The third kappa shape index (κ3) is 5.61. The maximum atomic E-state index is 13.4. The molecule has 1 unspecified atom stereocenters. The average molecular weight is 491 g/mol. The molecule has 2 aliphatic heterocycles. The van der Waals surface area contributed by atoms with Crippen molar-refractivity contribution in [3.05, 3.63) is 35.6 Å². The number of furan rings is 1. The van der Waals surface area contributed by atoms with E-state index in [0.29, 0.717) is 36.9 Å². The SMILES string of the molecule is Cc1noc(C=Cc2ccco2)c1S(=O)(=O)N1CCC(C(=O)NCCN2CCCCC2C)CC1. The summed E-state index contributed by atoms with van der Waals surface area (Å²) < 4.78 is 38.7. The smallest absolute Gasteiger partial charge is 0.248 e. The van der Waals surface area contributed by atoms with Gasteiger partial charge in [-0.3, -0.25) is 9.69 Å². The van der Waals surface area contributed by atoms with Crippen LogP contribution >= 0.6 is 0 Å². The number of hydrogen-bond donors (Lipinski definition) is 1. The standard InChI is InChI=1S/C24H34N4O5S/c1-18-6-3-4-13-27(18)16-12-25-24(29)20-10-14-28(15-11-20)34(30,31)23-19(2)26-33-22(23)9-8-21-7-5-17-32-21/h5,7-9,17-18,20H,3-4,6,10-16H2,1-2H3,(H,25,29). The Morgan fingerprint density at radius 3 is 2.71 bits per heavy atom. The molecule has 1 atom stereocenters. The van der Waals surface area contributed by atoms with Crippen LogP contribution in [-0.2, 0) is 14.8 Å². The molecule has 186 valence electrons. The molecule has 0 saturated carbocycles. The average Bonchev–Trinajstić information content (AvgIpc) is 3.48. The molecule has 0 aliphatic carbocycles. The number of amides is 1. The van der Waals surface area contributed by atoms with Crippen molar-refractivity contribution in [3.63, 3.8) is 0 Å². The zero-order valence-corrected chi connectivity index (χ0v) is 20.7. The van der Waals surface area contributed by atoms with Gasteiger partial charge in [0.1, 0.15) is 11.5 Å². The first-order valence-corrected chi connectivity index (χ1v) is 13.5. The summed E-state index contributed by atoms with van der Waals surface area (Å²) in [5.74, 6) is 0.594. The van der Waals surface area contributed by atoms with Crippen LogP contribution in [0.1, 0.15) is 56.2 Å². The molecule has 1 N–H and O–H groups in total. The van der Waals surface area contributed by atoms with E-state index in [-0.39, 0.29) is 35.6 Å². The molecule has 10 heteroatoms. The van der Waals surface area contributed by atoms with Gasteiger partial charge in [0.05, 0.1) is 6.26 Å². The number of aryl methyl sites for hydroxylation is 1. The van der Waals surface area contributed by atoms with Gasteiger partial charge >= 0.3 is 0 Å². The van der Waals surface area contributed by atoms with Crippen molar-refractivity contribution in [3.8, 4) is 0 Å². The predicted octanol–water partition coefficient (Wildman–Crippen LogP) is 3.14. The molecule has 2 aromatic rings. The molecule has 2 aliphatic rings. The van der Waals surface area contributed by atoms with Crippen molar-refractivity contribution in [2.75, 3.05) is 32.7 Å². The van der Waals surface area contributed by atoms with Crippen molar-refractivity contribution in [2.24, 2.45) is 5.92 Å². The number of piperidine rings is 2. The topological polar surface area (TPSA) is 109 Å².